The highest BCUT2D eigenvalue weighted by Gasteiger charge is 2.13. The highest BCUT2D eigenvalue weighted by atomic mass is 15.4. The smallest absolute Gasteiger partial charge is 0.228 e. The molecule has 1 aromatic heterocycles. The van der Waals surface area contributed by atoms with Crippen molar-refractivity contribution in [3.63, 3.8) is 0 Å². The molecule has 0 fully saturated rings. The molecule has 21 heavy (non-hydrogen) atoms. The number of nitrogens with zero attached hydrogens (tertiary/aromatic N) is 3. The van der Waals surface area contributed by atoms with E-state index in [4.69, 9.17) is 0 Å². The Morgan fingerprint density at radius 2 is 1.81 bits per heavy atom. The van der Waals surface area contributed by atoms with E-state index in [0.717, 1.165) is 17.6 Å². The molecule has 0 N–H and O–H groups in total. The summed E-state index contributed by atoms with van der Waals surface area (Å²) in [4.78, 5) is 0. The van der Waals surface area contributed by atoms with Crippen LogP contribution in [-0.4, -0.2) is 10.9 Å². The molecule has 3 aromatic rings. The first-order valence-corrected chi connectivity index (χ1v) is 7.47. The van der Waals surface area contributed by atoms with Crippen LogP contribution in [0.4, 0.5) is 0 Å². The van der Waals surface area contributed by atoms with E-state index in [1.807, 2.05) is 29.1 Å². The Morgan fingerprint density at radius 3 is 2.62 bits per heavy atom. The average molecular weight is 278 g/mol. The molecule has 2 aromatic carbocycles. The van der Waals surface area contributed by atoms with Gasteiger partial charge in [0.1, 0.15) is 0 Å². The number of aromatic nitrogens is 2. The van der Waals surface area contributed by atoms with E-state index < -0.39 is 0 Å². The zero-order valence-electron chi connectivity index (χ0n) is 12.3. The zero-order chi connectivity index (χ0) is 14.5. The standard InChI is InChI=1S/C18H20N3/c1-2-3-13-20-15-21(18-12-8-7-11-17(18)20)19-14-16-9-5-4-6-10-16/h4-12,14-15H,2-3,13H2,1H3/q+1/b19-14+. The fourth-order valence-electron chi connectivity index (χ4n) is 2.42. The number of rotatable bonds is 5. The van der Waals surface area contributed by atoms with Crippen LogP contribution < -0.4 is 4.57 Å². The molecule has 0 bridgehead atoms. The summed E-state index contributed by atoms with van der Waals surface area (Å²) < 4.78 is 4.24. The van der Waals surface area contributed by atoms with Crippen LogP contribution in [-0.2, 0) is 6.54 Å². The lowest BCUT2D eigenvalue weighted by Gasteiger charge is -1.93. The SMILES string of the molecule is CCCC[n+]1cn(/N=C/c2ccccc2)c2ccccc21. The van der Waals surface area contributed by atoms with Gasteiger partial charge in [-0.05, 0) is 24.1 Å². The van der Waals surface area contributed by atoms with Crippen molar-refractivity contribution in [2.24, 2.45) is 5.10 Å². The van der Waals surface area contributed by atoms with Crippen molar-refractivity contribution in [1.82, 2.24) is 4.68 Å². The normalized spacial score (nSPS) is 11.5. The minimum absolute atomic E-state index is 1.03. The Labute approximate surface area is 125 Å². The molecule has 0 spiro atoms. The molecule has 3 heteroatoms. The fraction of sp³-hybridized carbons (Fsp3) is 0.222. The number of hydrogen-bond donors (Lipinski definition) is 0. The van der Waals surface area contributed by atoms with Crippen molar-refractivity contribution in [2.75, 3.05) is 0 Å². The summed E-state index contributed by atoms with van der Waals surface area (Å²) in [5, 5.41) is 4.60. The number of imidazole rings is 1. The monoisotopic (exact) mass is 278 g/mol. The lowest BCUT2D eigenvalue weighted by molar-refractivity contribution is -0.672. The van der Waals surface area contributed by atoms with Crippen LogP contribution >= 0.6 is 0 Å². The quantitative estimate of drug-likeness (QED) is 0.502. The number of para-hydroxylation sites is 2. The van der Waals surface area contributed by atoms with Gasteiger partial charge in [0.2, 0.25) is 5.52 Å². The van der Waals surface area contributed by atoms with E-state index >= 15 is 0 Å². The van der Waals surface area contributed by atoms with E-state index in [2.05, 4.69) is 59.3 Å². The summed E-state index contributed by atoms with van der Waals surface area (Å²) in [6.07, 6.45) is 6.36. The van der Waals surface area contributed by atoms with Crippen molar-refractivity contribution in [2.45, 2.75) is 26.3 Å². The van der Waals surface area contributed by atoms with Gasteiger partial charge in [0, 0.05) is 0 Å². The van der Waals surface area contributed by atoms with Gasteiger partial charge in [-0.3, -0.25) is 0 Å². The largest absolute Gasteiger partial charge is 0.270 e. The fourth-order valence-corrected chi connectivity index (χ4v) is 2.42. The third-order valence-electron chi connectivity index (χ3n) is 3.57. The molecule has 0 saturated carbocycles. The van der Waals surface area contributed by atoms with Gasteiger partial charge in [-0.2, -0.15) is 0 Å². The van der Waals surface area contributed by atoms with E-state index in [0.29, 0.717) is 0 Å². The predicted octanol–water partition coefficient (Wildman–Crippen LogP) is 3.61. The van der Waals surface area contributed by atoms with Crippen LogP contribution in [0, 0.1) is 0 Å². The second kappa shape index (κ2) is 6.35. The van der Waals surface area contributed by atoms with E-state index in [-0.39, 0.29) is 0 Å². The summed E-state index contributed by atoms with van der Waals surface area (Å²) in [7, 11) is 0. The maximum Gasteiger partial charge on any atom is 0.270 e. The van der Waals surface area contributed by atoms with Gasteiger partial charge < -0.3 is 0 Å². The molecule has 0 aliphatic heterocycles. The Balaban J connectivity index is 1.96. The average Bonchev–Trinajstić information content (AvgIpc) is 2.90. The molecule has 0 unspecified atom stereocenters. The maximum atomic E-state index is 4.60. The summed E-state index contributed by atoms with van der Waals surface area (Å²) in [6, 6.07) is 18.6. The van der Waals surface area contributed by atoms with Crippen LogP contribution in [0.1, 0.15) is 25.3 Å². The van der Waals surface area contributed by atoms with Gasteiger partial charge >= 0.3 is 0 Å². The second-order valence-electron chi connectivity index (χ2n) is 5.15. The van der Waals surface area contributed by atoms with Gasteiger partial charge in [0.25, 0.3) is 6.33 Å². The lowest BCUT2D eigenvalue weighted by Crippen LogP contribution is -2.31. The molecule has 0 aliphatic rings. The number of fused-ring (bicyclic) bond motifs is 1. The Kier molecular flexibility index (Phi) is 4.10. The van der Waals surface area contributed by atoms with Gasteiger partial charge in [-0.1, -0.05) is 65.6 Å². The van der Waals surface area contributed by atoms with Crippen LogP contribution in [0.15, 0.2) is 66.0 Å². The summed E-state index contributed by atoms with van der Waals surface area (Å²) in [6.45, 7) is 3.25. The van der Waals surface area contributed by atoms with Gasteiger partial charge in [-0.15, -0.1) is 0 Å². The number of benzene rings is 2. The van der Waals surface area contributed by atoms with Crippen LogP contribution in [0.3, 0.4) is 0 Å². The minimum Gasteiger partial charge on any atom is -0.228 e. The number of unbranched alkanes of at least 4 members (excludes halogenated alkanes) is 1. The molecule has 0 saturated heterocycles. The molecule has 106 valence electrons. The second-order valence-corrected chi connectivity index (χ2v) is 5.15. The minimum atomic E-state index is 1.03. The number of aryl methyl sites for hydroxylation is 1. The van der Waals surface area contributed by atoms with E-state index in [1.54, 1.807) is 0 Å². The maximum absolute atomic E-state index is 4.60. The first kappa shape index (κ1) is 13.6. The van der Waals surface area contributed by atoms with E-state index in [9.17, 15) is 0 Å². The molecule has 1 heterocycles. The molecule has 0 amide bonds. The highest BCUT2D eigenvalue weighted by Crippen LogP contribution is 2.11. The topological polar surface area (TPSA) is 21.2 Å². The molecule has 0 aliphatic carbocycles. The third kappa shape index (κ3) is 3.02. The Bertz CT molecular complexity index is 742. The molecule has 3 nitrogen and oxygen atoms in total. The van der Waals surface area contributed by atoms with E-state index in [1.165, 1.54) is 18.4 Å². The van der Waals surface area contributed by atoms with Gasteiger partial charge in [-0.25, -0.2) is 4.57 Å². The van der Waals surface area contributed by atoms with Gasteiger partial charge in [0.15, 0.2) is 5.52 Å². The lowest BCUT2D eigenvalue weighted by atomic mass is 10.2. The van der Waals surface area contributed by atoms with Gasteiger partial charge in [0.05, 0.1) is 12.8 Å². The van der Waals surface area contributed by atoms with Crippen molar-refractivity contribution < 1.29 is 4.57 Å². The first-order valence-electron chi connectivity index (χ1n) is 7.47. The molecule has 3 rings (SSSR count). The van der Waals surface area contributed by atoms with Crippen molar-refractivity contribution in [3.05, 3.63) is 66.5 Å². The number of hydrogen-bond acceptors (Lipinski definition) is 1. The third-order valence-corrected chi connectivity index (χ3v) is 3.57. The summed E-state index contributed by atoms with van der Waals surface area (Å²) in [5.41, 5.74) is 3.48. The Morgan fingerprint density at radius 1 is 1.05 bits per heavy atom. The van der Waals surface area contributed by atoms with Crippen LogP contribution in [0.5, 0.6) is 0 Å². The van der Waals surface area contributed by atoms with Crippen molar-refractivity contribution in [3.8, 4) is 0 Å². The summed E-state index contributed by atoms with van der Waals surface area (Å²) >= 11 is 0. The molecular formula is C18H20N3+. The first-order chi connectivity index (χ1) is 10.4. The van der Waals surface area contributed by atoms with Crippen LogP contribution in [0.25, 0.3) is 11.0 Å². The van der Waals surface area contributed by atoms with Crippen LogP contribution in [0.2, 0.25) is 0 Å². The zero-order valence-corrected chi connectivity index (χ0v) is 12.3. The van der Waals surface area contributed by atoms with Crippen molar-refractivity contribution >= 4 is 17.2 Å². The molecule has 0 radical (unpaired) electrons. The highest BCUT2D eigenvalue weighted by molar-refractivity contribution is 5.80. The predicted molar refractivity (Wildman–Crippen MR) is 86.5 cm³/mol. The summed E-state index contributed by atoms with van der Waals surface area (Å²) in [5.74, 6) is 0. The Hall–Kier alpha value is -2.42. The molecule has 0 atom stereocenters. The van der Waals surface area contributed by atoms with Crippen molar-refractivity contribution in [1.29, 1.82) is 0 Å². The molecular weight excluding hydrogens is 258 g/mol.